The van der Waals surface area contributed by atoms with Crippen LogP contribution in [0.4, 0.5) is 5.00 Å². The number of nitrogens with zero attached hydrogens (tertiary/aromatic N) is 2. The molecule has 1 aliphatic heterocycles. The standard InChI is InChI=1S/C22H26N4O3S/c1-21(2)10-16-17(11-23)20(30-19(16)22(3,4)26-21)25-18(27)13-29-24-12-14-6-8-15(28-5)9-7-14/h6-9,12,26H,10,13H2,1-5H3,(H,25,27)/b24-12-. The molecule has 0 spiro atoms. The third-order valence-corrected chi connectivity index (χ3v) is 6.27. The molecule has 1 aromatic carbocycles. The first-order valence-electron chi connectivity index (χ1n) is 9.60. The number of methoxy groups -OCH3 is 1. The summed E-state index contributed by atoms with van der Waals surface area (Å²) in [7, 11) is 1.60. The number of nitrogens with one attached hydrogen (secondary N) is 2. The Morgan fingerprint density at radius 1 is 1.33 bits per heavy atom. The Balaban J connectivity index is 1.65. The average Bonchev–Trinajstić information content (AvgIpc) is 3.01. The summed E-state index contributed by atoms with van der Waals surface area (Å²) < 4.78 is 5.10. The molecule has 0 saturated heterocycles. The highest BCUT2D eigenvalue weighted by Crippen LogP contribution is 2.44. The van der Waals surface area contributed by atoms with Crippen molar-refractivity contribution in [3.05, 3.63) is 45.8 Å². The van der Waals surface area contributed by atoms with Gasteiger partial charge in [0.25, 0.3) is 5.91 Å². The number of carbonyl (C=O) groups excluding carboxylic acids is 1. The first-order chi connectivity index (χ1) is 14.1. The van der Waals surface area contributed by atoms with Crippen molar-refractivity contribution < 1.29 is 14.4 Å². The molecule has 0 aliphatic carbocycles. The minimum absolute atomic E-state index is 0.135. The lowest BCUT2D eigenvalue weighted by Crippen LogP contribution is -2.54. The number of nitriles is 1. The quantitative estimate of drug-likeness (QED) is 0.541. The topological polar surface area (TPSA) is 95.7 Å². The molecule has 2 heterocycles. The number of ether oxygens (including phenoxy) is 1. The summed E-state index contributed by atoms with van der Waals surface area (Å²) in [5.41, 5.74) is 1.95. The first-order valence-corrected chi connectivity index (χ1v) is 10.4. The average molecular weight is 427 g/mol. The fraction of sp³-hybridized carbons (Fsp3) is 0.409. The number of fused-ring (bicyclic) bond motifs is 1. The number of hydrogen-bond donors (Lipinski definition) is 2. The first kappa shape index (κ1) is 21.8. The zero-order valence-electron chi connectivity index (χ0n) is 17.8. The molecule has 8 heteroatoms. The van der Waals surface area contributed by atoms with Crippen molar-refractivity contribution >= 4 is 28.5 Å². The molecule has 0 bridgehead atoms. The Morgan fingerprint density at radius 2 is 2.03 bits per heavy atom. The Kier molecular flexibility index (Phi) is 6.15. The van der Waals surface area contributed by atoms with Crippen LogP contribution in [0.15, 0.2) is 29.4 Å². The van der Waals surface area contributed by atoms with Crippen molar-refractivity contribution in [3.63, 3.8) is 0 Å². The second kappa shape index (κ2) is 8.46. The summed E-state index contributed by atoms with van der Waals surface area (Å²) >= 11 is 1.44. The van der Waals surface area contributed by atoms with Crippen LogP contribution in [-0.2, 0) is 21.6 Å². The van der Waals surface area contributed by atoms with E-state index in [9.17, 15) is 10.1 Å². The molecule has 0 saturated carbocycles. The van der Waals surface area contributed by atoms with E-state index in [1.54, 1.807) is 7.11 Å². The van der Waals surface area contributed by atoms with Crippen LogP contribution >= 0.6 is 11.3 Å². The van der Waals surface area contributed by atoms with Crippen LogP contribution in [0.25, 0.3) is 0 Å². The van der Waals surface area contributed by atoms with Crippen LogP contribution in [0.3, 0.4) is 0 Å². The van der Waals surface area contributed by atoms with E-state index in [0.29, 0.717) is 10.6 Å². The molecule has 0 radical (unpaired) electrons. The van der Waals surface area contributed by atoms with Gasteiger partial charge in [-0.3, -0.25) is 4.79 Å². The van der Waals surface area contributed by atoms with Crippen molar-refractivity contribution in [1.29, 1.82) is 5.26 Å². The highest BCUT2D eigenvalue weighted by molar-refractivity contribution is 7.17. The van der Waals surface area contributed by atoms with Gasteiger partial charge >= 0.3 is 0 Å². The summed E-state index contributed by atoms with van der Waals surface area (Å²) in [5, 5.41) is 20.5. The minimum atomic E-state index is -0.359. The monoisotopic (exact) mass is 426 g/mol. The molecule has 2 aromatic rings. The van der Waals surface area contributed by atoms with Crippen molar-refractivity contribution in [2.45, 2.75) is 45.2 Å². The van der Waals surface area contributed by atoms with Crippen LogP contribution in [0.5, 0.6) is 5.75 Å². The number of rotatable bonds is 6. The SMILES string of the molecule is COc1ccc(/C=N\OCC(=O)Nc2sc3c(c2C#N)CC(C)(C)NC3(C)C)cc1. The predicted octanol–water partition coefficient (Wildman–Crippen LogP) is 3.78. The molecular formula is C22H26N4O3S. The number of thiophene rings is 1. The maximum absolute atomic E-state index is 12.3. The fourth-order valence-electron chi connectivity index (χ4n) is 3.78. The smallest absolute Gasteiger partial charge is 0.265 e. The molecule has 0 unspecified atom stereocenters. The molecule has 1 aromatic heterocycles. The lowest BCUT2D eigenvalue weighted by atomic mass is 9.81. The van der Waals surface area contributed by atoms with Crippen LogP contribution in [-0.4, -0.2) is 31.4 Å². The maximum atomic E-state index is 12.3. The van der Waals surface area contributed by atoms with E-state index in [4.69, 9.17) is 9.57 Å². The number of benzene rings is 1. The molecule has 30 heavy (non-hydrogen) atoms. The maximum Gasteiger partial charge on any atom is 0.265 e. The van der Waals surface area contributed by atoms with Crippen molar-refractivity contribution in [2.75, 3.05) is 19.0 Å². The summed E-state index contributed by atoms with van der Waals surface area (Å²) in [5.74, 6) is 0.392. The van der Waals surface area contributed by atoms with Gasteiger partial charge in [-0.05, 0) is 69.5 Å². The number of oxime groups is 1. The van der Waals surface area contributed by atoms with E-state index in [-0.39, 0.29) is 23.6 Å². The van der Waals surface area contributed by atoms with E-state index in [2.05, 4.69) is 49.6 Å². The van der Waals surface area contributed by atoms with Crippen LogP contribution in [0.2, 0.25) is 0 Å². The summed E-state index contributed by atoms with van der Waals surface area (Å²) in [6.45, 7) is 8.17. The van der Waals surface area contributed by atoms with Crippen LogP contribution in [0, 0.1) is 11.3 Å². The van der Waals surface area contributed by atoms with Crippen LogP contribution in [0.1, 0.15) is 49.3 Å². The van der Waals surface area contributed by atoms with Gasteiger partial charge in [-0.1, -0.05) is 5.16 Å². The lowest BCUT2D eigenvalue weighted by molar-refractivity contribution is -0.120. The van der Waals surface area contributed by atoms with Gasteiger partial charge in [0.2, 0.25) is 0 Å². The number of hydrogen-bond acceptors (Lipinski definition) is 7. The van der Waals surface area contributed by atoms with E-state index < -0.39 is 0 Å². The van der Waals surface area contributed by atoms with Gasteiger partial charge in [0.05, 0.1) is 18.9 Å². The molecule has 1 amide bonds. The zero-order valence-corrected chi connectivity index (χ0v) is 18.6. The van der Waals surface area contributed by atoms with Crippen molar-refractivity contribution in [1.82, 2.24) is 5.32 Å². The molecular weight excluding hydrogens is 400 g/mol. The van der Waals surface area contributed by atoms with Gasteiger partial charge in [-0.2, -0.15) is 5.26 Å². The highest BCUT2D eigenvalue weighted by atomic mass is 32.1. The van der Waals surface area contributed by atoms with Gasteiger partial charge in [0.1, 0.15) is 16.8 Å². The lowest BCUT2D eigenvalue weighted by Gasteiger charge is -2.42. The molecule has 0 fully saturated rings. The van der Waals surface area contributed by atoms with Gasteiger partial charge in [-0.25, -0.2) is 0 Å². The number of anilines is 1. The minimum Gasteiger partial charge on any atom is -0.497 e. The third-order valence-electron chi connectivity index (χ3n) is 4.80. The van der Waals surface area contributed by atoms with E-state index >= 15 is 0 Å². The molecule has 3 rings (SSSR count). The van der Waals surface area contributed by atoms with E-state index in [0.717, 1.165) is 28.2 Å². The van der Waals surface area contributed by atoms with Crippen LogP contribution < -0.4 is 15.4 Å². The summed E-state index contributed by atoms with van der Waals surface area (Å²) in [6, 6.07) is 9.56. The molecule has 2 N–H and O–H groups in total. The Labute approximate surface area is 180 Å². The number of carbonyl (C=O) groups is 1. The third kappa shape index (κ3) is 4.81. The van der Waals surface area contributed by atoms with Gasteiger partial charge in [0, 0.05) is 16.0 Å². The van der Waals surface area contributed by atoms with Gasteiger partial charge < -0.3 is 20.2 Å². The summed E-state index contributed by atoms with van der Waals surface area (Å²) in [6.07, 6.45) is 2.25. The molecule has 1 aliphatic rings. The van der Waals surface area contributed by atoms with Gasteiger partial charge in [-0.15, -0.1) is 11.3 Å². The predicted molar refractivity (Wildman–Crippen MR) is 118 cm³/mol. The zero-order chi connectivity index (χ0) is 21.9. The largest absolute Gasteiger partial charge is 0.497 e. The Bertz CT molecular complexity index is 1000. The van der Waals surface area contributed by atoms with Gasteiger partial charge in [0.15, 0.2) is 6.61 Å². The van der Waals surface area contributed by atoms with Crippen molar-refractivity contribution in [2.24, 2.45) is 5.16 Å². The van der Waals surface area contributed by atoms with Crippen molar-refractivity contribution in [3.8, 4) is 11.8 Å². The molecule has 0 atom stereocenters. The fourth-order valence-corrected chi connectivity index (χ4v) is 5.02. The molecule has 158 valence electrons. The Hall–Kier alpha value is -2.89. The highest BCUT2D eigenvalue weighted by Gasteiger charge is 2.40. The second-order valence-electron chi connectivity index (χ2n) is 8.37. The normalized spacial score (nSPS) is 16.5. The molecule has 7 nitrogen and oxygen atoms in total. The Morgan fingerprint density at radius 3 is 2.67 bits per heavy atom. The second-order valence-corrected chi connectivity index (χ2v) is 9.39. The summed E-state index contributed by atoms with van der Waals surface area (Å²) in [4.78, 5) is 18.5. The van der Waals surface area contributed by atoms with E-state index in [1.165, 1.54) is 17.6 Å². The van der Waals surface area contributed by atoms with E-state index in [1.807, 2.05) is 24.3 Å². The number of amides is 1.